The molecule has 6 heteroatoms. The number of nitrogens with one attached hydrogen (secondary N) is 1. The van der Waals surface area contributed by atoms with Crippen LogP contribution in [0.3, 0.4) is 0 Å². The topological polar surface area (TPSA) is 88.2 Å². The molecule has 1 amide bonds. The Hall–Kier alpha value is -2.65. The largest absolute Gasteiger partial charge is 0.395 e. The number of hydrogen-bond acceptors (Lipinski definition) is 5. The molecule has 1 aromatic heterocycles. The third kappa shape index (κ3) is 3.91. The van der Waals surface area contributed by atoms with Crippen LogP contribution in [0.15, 0.2) is 22.7 Å². The number of carbonyl (C=O) groups is 1. The van der Waals surface area contributed by atoms with Gasteiger partial charge in [-0.15, -0.1) is 0 Å². The predicted molar refractivity (Wildman–Crippen MR) is 76.7 cm³/mol. The highest BCUT2D eigenvalue weighted by molar-refractivity contribution is 6.03. The third-order valence-electron chi connectivity index (χ3n) is 2.70. The number of carbonyl (C=O) groups excluding carboxylic acids is 1. The predicted octanol–water partition coefficient (Wildman–Crippen LogP) is 1.67. The minimum Gasteiger partial charge on any atom is -0.395 e. The molecule has 0 atom stereocenters. The number of anilines is 1. The molecular weight excluding hydrogens is 270 g/mol. The summed E-state index contributed by atoms with van der Waals surface area (Å²) < 4.78 is 4.84. The van der Waals surface area contributed by atoms with Crippen molar-refractivity contribution >= 4 is 11.9 Å². The molecule has 0 aliphatic heterocycles. The molecule has 108 valence electrons. The number of nitrogens with zero attached hydrogens (tertiary/aromatic N) is 2. The number of rotatable bonds is 3. The monoisotopic (exact) mass is 285 g/mol. The van der Waals surface area contributed by atoms with E-state index in [2.05, 4.69) is 27.3 Å². The summed E-state index contributed by atoms with van der Waals surface area (Å²) in [5.74, 6) is 5.93. The van der Waals surface area contributed by atoms with Crippen molar-refractivity contribution < 1.29 is 14.4 Å². The standard InChI is InChI=1S/C15H15N3O3/c1-10-9-13(7-6-12(10)5-3-4-8-19)14(20)17-15-16-11(2)18-21-15/h6-7,9,19H,4,8H2,1-2H3,(H,16,17,18,20). The van der Waals surface area contributed by atoms with Crippen LogP contribution in [0.5, 0.6) is 0 Å². The first kappa shape index (κ1) is 14.8. The molecule has 1 heterocycles. The summed E-state index contributed by atoms with van der Waals surface area (Å²) >= 11 is 0. The maximum Gasteiger partial charge on any atom is 0.328 e. The van der Waals surface area contributed by atoms with Gasteiger partial charge in [-0.2, -0.15) is 4.98 Å². The zero-order valence-corrected chi connectivity index (χ0v) is 11.8. The fourth-order valence-corrected chi connectivity index (χ4v) is 1.68. The van der Waals surface area contributed by atoms with Gasteiger partial charge in [-0.05, 0) is 37.6 Å². The Morgan fingerprint density at radius 1 is 1.43 bits per heavy atom. The molecule has 0 saturated carbocycles. The zero-order chi connectivity index (χ0) is 15.2. The van der Waals surface area contributed by atoms with Gasteiger partial charge in [-0.3, -0.25) is 10.1 Å². The SMILES string of the molecule is Cc1noc(NC(=O)c2ccc(C#CCCO)c(C)c2)n1. The molecule has 2 N–H and O–H groups in total. The molecule has 6 nitrogen and oxygen atoms in total. The highest BCUT2D eigenvalue weighted by Gasteiger charge is 2.11. The molecule has 2 rings (SSSR count). The maximum absolute atomic E-state index is 12.0. The first-order valence-electron chi connectivity index (χ1n) is 6.42. The number of aromatic nitrogens is 2. The summed E-state index contributed by atoms with van der Waals surface area (Å²) in [5.41, 5.74) is 2.19. The number of benzene rings is 1. The minimum absolute atomic E-state index is 0.0378. The highest BCUT2D eigenvalue weighted by Crippen LogP contribution is 2.12. The number of aliphatic hydroxyl groups excluding tert-OH is 1. The van der Waals surface area contributed by atoms with Crippen molar-refractivity contribution in [3.05, 3.63) is 40.7 Å². The van der Waals surface area contributed by atoms with Crippen LogP contribution in [-0.4, -0.2) is 27.8 Å². The van der Waals surface area contributed by atoms with Gasteiger partial charge < -0.3 is 9.63 Å². The Bertz CT molecular complexity index is 710. The summed E-state index contributed by atoms with van der Waals surface area (Å²) in [6, 6.07) is 5.26. The van der Waals surface area contributed by atoms with Gasteiger partial charge in [0.15, 0.2) is 5.82 Å². The molecule has 0 aliphatic carbocycles. The number of aryl methyl sites for hydroxylation is 2. The average Bonchev–Trinajstić information content (AvgIpc) is 2.86. The van der Waals surface area contributed by atoms with Gasteiger partial charge in [-0.1, -0.05) is 17.0 Å². The van der Waals surface area contributed by atoms with E-state index >= 15 is 0 Å². The van der Waals surface area contributed by atoms with E-state index in [1.54, 1.807) is 25.1 Å². The van der Waals surface area contributed by atoms with Gasteiger partial charge in [0.05, 0.1) is 6.61 Å². The van der Waals surface area contributed by atoms with Crippen LogP contribution < -0.4 is 5.32 Å². The smallest absolute Gasteiger partial charge is 0.328 e. The third-order valence-corrected chi connectivity index (χ3v) is 2.70. The van der Waals surface area contributed by atoms with Gasteiger partial charge >= 0.3 is 6.01 Å². The molecule has 0 saturated heterocycles. The van der Waals surface area contributed by atoms with E-state index in [4.69, 9.17) is 9.63 Å². The lowest BCUT2D eigenvalue weighted by Gasteiger charge is -2.03. The first-order chi connectivity index (χ1) is 10.1. The molecular formula is C15H15N3O3. The van der Waals surface area contributed by atoms with Crippen molar-refractivity contribution in [2.75, 3.05) is 11.9 Å². The van der Waals surface area contributed by atoms with E-state index in [1.807, 2.05) is 6.92 Å². The van der Waals surface area contributed by atoms with Crippen LogP contribution >= 0.6 is 0 Å². The van der Waals surface area contributed by atoms with Crippen molar-refractivity contribution in [1.29, 1.82) is 0 Å². The molecule has 0 bridgehead atoms. The second-order valence-corrected chi connectivity index (χ2v) is 4.41. The Morgan fingerprint density at radius 2 is 2.24 bits per heavy atom. The maximum atomic E-state index is 12.0. The molecule has 0 fully saturated rings. The van der Waals surface area contributed by atoms with Crippen LogP contribution in [0.25, 0.3) is 0 Å². The van der Waals surface area contributed by atoms with E-state index in [0.717, 1.165) is 11.1 Å². The summed E-state index contributed by atoms with van der Waals surface area (Å²) in [6.45, 7) is 3.58. The lowest BCUT2D eigenvalue weighted by atomic mass is 10.0. The summed E-state index contributed by atoms with van der Waals surface area (Å²) in [7, 11) is 0. The molecule has 0 unspecified atom stereocenters. The second-order valence-electron chi connectivity index (χ2n) is 4.41. The Kier molecular flexibility index (Phi) is 4.69. The lowest BCUT2D eigenvalue weighted by molar-refractivity contribution is 0.102. The van der Waals surface area contributed by atoms with Gasteiger partial charge in [0.1, 0.15) is 0 Å². The van der Waals surface area contributed by atoms with Crippen molar-refractivity contribution in [3.63, 3.8) is 0 Å². The number of hydrogen-bond donors (Lipinski definition) is 2. The Balaban J connectivity index is 2.12. The Labute approximate surface area is 122 Å². The van der Waals surface area contributed by atoms with Crippen LogP contribution in [0, 0.1) is 25.7 Å². The number of amides is 1. The first-order valence-corrected chi connectivity index (χ1v) is 6.42. The van der Waals surface area contributed by atoms with Crippen molar-refractivity contribution in [2.45, 2.75) is 20.3 Å². The second kappa shape index (κ2) is 6.68. The van der Waals surface area contributed by atoms with E-state index in [9.17, 15) is 4.79 Å². The molecule has 1 aromatic carbocycles. The fraction of sp³-hybridized carbons (Fsp3) is 0.267. The minimum atomic E-state index is -0.323. The molecule has 0 aliphatic rings. The van der Waals surface area contributed by atoms with Gasteiger partial charge in [-0.25, -0.2) is 0 Å². The van der Waals surface area contributed by atoms with Crippen LogP contribution in [-0.2, 0) is 0 Å². The quantitative estimate of drug-likeness (QED) is 0.837. The summed E-state index contributed by atoms with van der Waals surface area (Å²) in [5, 5.41) is 14.8. The molecule has 0 radical (unpaired) electrons. The average molecular weight is 285 g/mol. The van der Waals surface area contributed by atoms with Gasteiger partial charge in [0, 0.05) is 17.5 Å². The van der Waals surface area contributed by atoms with Crippen molar-refractivity contribution in [3.8, 4) is 11.8 Å². The van der Waals surface area contributed by atoms with E-state index in [0.29, 0.717) is 17.8 Å². The van der Waals surface area contributed by atoms with Crippen LogP contribution in [0.2, 0.25) is 0 Å². The fourth-order valence-electron chi connectivity index (χ4n) is 1.68. The van der Waals surface area contributed by atoms with Crippen LogP contribution in [0.1, 0.15) is 33.7 Å². The molecule has 0 spiro atoms. The lowest BCUT2D eigenvalue weighted by Crippen LogP contribution is -2.12. The van der Waals surface area contributed by atoms with Crippen LogP contribution in [0.4, 0.5) is 6.01 Å². The van der Waals surface area contributed by atoms with Crippen molar-refractivity contribution in [2.24, 2.45) is 0 Å². The normalized spacial score (nSPS) is 9.86. The van der Waals surface area contributed by atoms with E-state index in [-0.39, 0.29) is 18.5 Å². The zero-order valence-electron chi connectivity index (χ0n) is 11.8. The van der Waals surface area contributed by atoms with E-state index < -0.39 is 0 Å². The highest BCUT2D eigenvalue weighted by atomic mass is 16.5. The van der Waals surface area contributed by atoms with Gasteiger partial charge in [0.25, 0.3) is 5.91 Å². The summed E-state index contributed by atoms with van der Waals surface area (Å²) in [6.07, 6.45) is 0.429. The molecule has 2 aromatic rings. The van der Waals surface area contributed by atoms with E-state index in [1.165, 1.54) is 0 Å². The number of aliphatic hydroxyl groups is 1. The Morgan fingerprint density at radius 3 is 2.86 bits per heavy atom. The van der Waals surface area contributed by atoms with Crippen molar-refractivity contribution in [1.82, 2.24) is 10.1 Å². The van der Waals surface area contributed by atoms with Gasteiger partial charge in [0.2, 0.25) is 0 Å². The summed E-state index contributed by atoms with van der Waals surface area (Å²) in [4.78, 5) is 15.9. The molecule has 21 heavy (non-hydrogen) atoms.